The van der Waals surface area contributed by atoms with E-state index in [2.05, 4.69) is 44.2 Å². The van der Waals surface area contributed by atoms with E-state index < -0.39 is 0 Å². The van der Waals surface area contributed by atoms with Crippen LogP contribution < -0.4 is 5.73 Å². The van der Waals surface area contributed by atoms with Gasteiger partial charge in [0, 0.05) is 6.21 Å². The molecule has 0 atom stereocenters. The summed E-state index contributed by atoms with van der Waals surface area (Å²) in [6, 6.07) is 22.0. The summed E-state index contributed by atoms with van der Waals surface area (Å²) in [6.45, 7) is 0. The van der Waals surface area contributed by atoms with Gasteiger partial charge in [-0.05, 0) is 34.5 Å². The van der Waals surface area contributed by atoms with Crippen molar-refractivity contribution < 1.29 is 0 Å². The predicted octanol–water partition coefficient (Wildman–Crippen LogP) is 3.78. The van der Waals surface area contributed by atoms with E-state index in [-0.39, 0.29) is 5.96 Å². The number of nitrogens with two attached hydrogens (primary N) is 1. The molecule has 0 unspecified atom stereocenters. The number of H-pyrrole nitrogens is 1. The van der Waals surface area contributed by atoms with Gasteiger partial charge in [-0.15, -0.1) is 0 Å². The number of aromatic amines is 1. The third kappa shape index (κ3) is 2.87. The average molecular weight is 313 g/mol. The van der Waals surface area contributed by atoms with E-state index >= 15 is 0 Å². The van der Waals surface area contributed by atoms with Gasteiger partial charge in [0.2, 0.25) is 11.9 Å². The van der Waals surface area contributed by atoms with Gasteiger partial charge in [-0.1, -0.05) is 48.5 Å². The Kier molecular flexibility index (Phi) is 3.51. The number of para-hydroxylation sites is 2. The Bertz CT molecular complexity index is 1040. The van der Waals surface area contributed by atoms with Gasteiger partial charge in [-0.2, -0.15) is 4.99 Å². The van der Waals surface area contributed by atoms with Crippen molar-refractivity contribution in [2.45, 2.75) is 0 Å². The first-order valence-corrected chi connectivity index (χ1v) is 7.60. The summed E-state index contributed by atoms with van der Waals surface area (Å²) in [5.41, 5.74) is 8.62. The number of nitrogens with one attached hydrogen (secondary N) is 1. The van der Waals surface area contributed by atoms with Crippen molar-refractivity contribution in [2.24, 2.45) is 15.7 Å². The lowest BCUT2D eigenvalue weighted by atomic mass is 10.1. The van der Waals surface area contributed by atoms with Gasteiger partial charge in [0.1, 0.15) is 0 Å². The number of aliphatic imine (C=N–C) groups is 2. The summed E-state index contributed by atoms with van der Waals surface area (Å²) in [4.78, 5) is 15.9. The number of benzene rings is 3. The molecule has 24 heavy (non-hydrogen) atoms. The number of guanidine groups is 1. The fraction of sp³-hybridized carbons (Fsp3) is 0. The molecule has 1 heterocycles. The molecule has 5 nitrogen and oxygen atoms in total. The highest BCUT2D eigenvalue weighted by molar-refractivity contribution is 5.96. The van der Waals surface area contributed by atoms with Crippen molar-refractivity contribution in [3.8, 4) is 0 Å². The molecule has 0 fully saturated rings. The van der Waals surface area contributed by atoms with Gasteiger partial charge in [0.25, 0.3) is 0 Å². The Morgan fingerprint density at radius 1 is 0.958 bits per heavy atom. The van der Waals surface area contributed by atoms with E-state index in [4.69, 9.17) is 5.73 Å². The maximum Gasteiger partial charge on any atom is 0.231 e. The third-order valence-electron chi connectivity index (χ3n) is 3.72. The molecule has 4 rings (SSSR count). The minimum Gasteiger partial charge on any atom is -0.368 e. The lowest BCUT2D eigenvalue weighted by Crippen LogP contribution is -2.08. The molecule has 116 valence electrons. The average Bonchev–Trinajstić information content (AvgIpc) is 3.02. The number of rotatable bonds is 2. The highest BCUT2D eigenvalue weighted by Crippen LogP contribution is 2.16. The zero-order chi connectivity index (χ0) is 16.4. The Balaban J connectivity index is 1.59. The van der Waals surface area contributed by atoms with E-state index in [0.717, 1.165) is 22.0 Å². The van der Waals surface area contributed by atoms with Gasteiger partial charge in [0.05, 0.1) is 11.0 Å². The van der Waals surface area contributed by atoms with E-state index in [9.17, 15) is 0 Å². The van der Waals surface area contributed by atoms with Crippen LogP contribution in [0.1, 0.15) is 5.56 Å². The Labute approximate surface area is 138 Å². The van der Waals surface area contributed by atoms with Crippen LogP contribution in [-0.2, 0) is 0 Å². The summed E-state index contributed by atoms with van der Waals surface area (Å²) in [6.07, 6.45) is 1.70. The molecule has 3 aromatic carbocycles. The van der Waals surface area contributed by atoms with E-state index in [1.54, 1.807) is 6.21 Å². The quantitative estimate of drug-likeness (QED) is 0.436. The second kappa shape index (κ2) is 5.96. The molecule has 5 heteroatoms. The van der Waals surface area contributed by atoms with Crippen LogP contribution in [0.15, 0.2) is 76.7 Å². The van der Waals surface area contributed by atoms with E-state index in [0.29, 0.717) is 5.95 Å². The smallest absolute Gasteiger partial charge is 0.231 e. The Morgan fingerprint density at radius 3 is 2.62 bits per heavy atom. The van der Waals surface area contributed by atoms with Crippen LogP contribution in [0.3, 0.4) is 0 Å². The molecule has 0 saturated heterocycles. The summed E-state index contributed by atoms with van der Waals surface area (Å²) in [7, 11) is 0. The predicted molar refractivity (Wildman–Crippen MR) is 98.9 cm³/mol. The third-order valence-corrected chi connectivity index (χ3v) is 3.72. The minimum absolute atomic E-state index is 0.155. The molecule has 3 N–H and O–H groups in total. The largest absolute Gasteiger partial charge is 0.368 e. The molecule has 4 aromatic rings. The molecule has 0 saturated carbocycles. The van der Waals surface area contributed by atoms with Gasteiger partial charge >= 0.3 is 0 Å². The lowest BCUT2D eigenvalue weighted by Gasteiger charge is -1.98. The molecular weight excluding hydrogens is 298 g/mol. The van der Waals surface area contributed by atoms with Gasteiger partial charge < -0.3 is 10.7 Å². The number of nitrogens with zero attached hydrogens (tertiary/aromatic N) is 3. The second-order valence-electron chi connectivity index (χ2n) is 5.41. The maximum atomic E-state index is 5.88. The van der Waals surface area contributed by atoms with Crippen molar-refractivity contribution in [3.63, 3.8) is 0 Å². The molecule has 0 bridgehead atoms. The van der Waals surface area contributed by atoms with E-state index in [1.165, 1.54) is 5.39 Å². The van der Waals surface area contributed by atoms with Crippen molar-refractivity contribution >= 4 is 39.9 Å². The summed E-state index contributed by atoms with van der Waals surface area (Å²) in [5, 5.41) is 2.35. The zero-order valence-electron chi connectivity index (χ0n) is 12.8. The first-order chi connectivity index (χ1) is 11.8. The van der Waals surface area contributed by atoms with Gasteiger partial charge in [-0.25, -0.2) is 9.98 Å². The van der Waals surface area contributed by atoms with Gasteiger partial charge in [0.15, 0.2) is 0 Å². The fourth-order valence-electron chi connectivity index (χ4n) is 2.56. The topological polar surface area (TPSA) is 79.4 Å². The monoisotopic (exact) mass is 313 g/mol. The van der Waals surface area contributed by atoms with Crippen LogP contribution >= 0.6 is 0 Å². The van der Waals surface area contributed by atoms with Crippen molar-refractivity contribution in [2.75, 3.05) is 0 Å². The molecule has 0 aliphatic carbocycles. The van der Waals surface area contributed by atoms with Crippen molar-refractivity contribution in [3.05, 3.63) is 72.3 Å². The van der Waals surface area contributed by atoms with Crippen LogP contribution in [-0.4, -0.2) is 22.1 Å². The van der Waals surface area contributed by atoms with Crippen LogP contribution in [0.25, 0.3) is 21.8 Å². The first kappa shape index (κ1) is 14.1. The summed E-state index contributed by atoms with van der Waals surface area (Å²) in [5.74, 6) is 0.603. The highest BCUT2D eigenvalue weighted by atomic mass is 15.1. The summed E-state index contributed by atoms with van der Waals surface area (Å²) >= 11 is 0. The molecule has 0 aliphatic rings. The van der Waals surface area contributed by atoms with Crippen molar-refractivity contribution in [1.82, 2.24) is 9.97 Å². The fourth-order valence-corrected chi connectivity index (χ4v) is 2.56. The number of hydrogen-bond donors (Lipinski definition) is 2. The van der Waals surface area contributed by atoms with Crippen LogP contribution in [0.2, 0.25) is 0 Å². The molecule has 1 aromatic heterocycles. The standard InChI is InChI=1S/C19H15N5/c20-18(24-19-22-16-7-3-4-8-17(16)23-19)21-12-13-9-10-14-5-1-2-6-15(14)11-13/h1-12H,(H3,20,22,23,24)/b21-12-. The van der Waals surface area contributed by atoms with E-state index in [1.807, 2.05) is 42.5 Å². The summed E-state index contributed by atoms with van der Waals surface area (Å²) < 4.78 is 0. The molecule has 0 spiro atoms. The maximum absolute atomic E-state index is 5.88. The lowest BCUT2D eigenvalue weighted by molar-refractivity contribution is 1.24. The Hall–Kier alpha value is -3.47. The van der Waals surface area contributed by atoms with Crippen molar-refractivity contribution in [1.29, 1.82) is 0 Å². The SMILES string of the molecule is NC(/N=C\c1ccc2ccccc2c1)=N/c1nc2ccccc2[nH]1. The molecular formula is C19H15N5. The highest BCUT2D eigenvalue weighted by Gasteiger charge is 2.00. The normalized spacial score (nSPS) is 12.4. The van der Waals surface area contributed by atoms with Crippen LogP contribution in [0.5, 0.6) is 0 Å². The van der Waals surface area contributed by atoms with Gasteiger partial charge in [-0.3, -0.25) is 0 Å². The second-order valence-corrected chi connectivity index (χ2v) is 5.41. The number of imidazole rings is 1. The molecule has 0 amide bonds. The number of fused-ring (bicyclic) bond motifs is 2. The number of hydrogen-bond acceptors (Lipinski definition) is 2. The van der Waals surface area contributed by atoms with Crippen LogP contribution in [0, 0.1) is 0 Å². The molecule has 0 radical (unpaired) electrons. The Morgan fingerprint density at radius 2 is 1.75 bits per heavy atom. The first-order valence-electron chi connectivity index (χ1n) is 7.60. The van der Waals surface area contributed by atoms with Crippen LogP contribution in [0.4, 0.5) is 5.95 Å². The minimum atomic E-state index is 0.155. The zero-order valence-corrected chi connectivity index (χ0v) is 12.8. The number of aromatic nitrogens is 2. The molecule has 0 aliphatic heterocycles.